The van der Waals surface area contributed by atoms with Gasteiger partial charge in [-0.3, -0.25) is 4.79 Å². The van der Waals surface area contributed by atoms with Crippen molar-refractivity contribution in [3.63, 3.8) is 0 Å². The molecule has 2 saturated heterocycles. The van der Waals surface area contributed by atoms with Gasteiger partial charge in [0.25, 0.3) is 0 Å². The summed E-state index contributed by atoms with van der Waals surface area (Å²) in [6, 6.07) is 4.52. The predicted octanol–water partition coefficient (Wildman–Crippen LogP) is 1.65. The molecule has 150 valence electrons. The number of amides is 1. The van der Waals surface area contributed by atoms with Crippen LogP contribution in [0.15, 0.2) is 23.1 Å². The lowest BCUT2D eigenvalue weighted by Crippen LogP contribution is -2.49. The Morgan fingerprint density at radius 1 is 1.00 bits per heavy atom. The maximum absolute atomic E-state index is 12.9. The Kier molecular flexibility index (Phi) is 6.08. The van der Waals surface area contributed by atoms with Crippen LogP contribution in [-0.2, 0) is 24.7 Å². The zero-order valence-corrected chi connectivity index (χ0v) is 17.6. The van der Waals surface area contributed by atoms with Crippen molar-refractivity contribution in [3.05, 3.63) is 28.2 Å². The highest BCUT2D eigenvalue weighted by Crippen LogP contribution is 2.33. The summed E-state index contributed by atoms with van der Waals surface area (Å²) < 4.78 is 50.1. The standard InChI is InChI=1S/C16H20Cl2N2O5S2/c17-13-2-1-3-14(18)15(13)27(24,25)20-6-4-12(5-7-20)16(21)19-8-10-26(22,23)11-9-19/h1-3,12H,4-11H2. The van der Waals surface area contributed by atoms with E-state index in [0.717, 1.165) is 0 Å². The maximum atomic E-state index is 12.9. The molecule has 2 aliphatic heterocycles. The third-order valence-electron chi connectivity index (χ3n) is 4.98. The van der Waals surface area contributed by atoms with Gasteiger partial charge in [-0.25, -0.2) is 16.8 Å². The van der Waals surface area contributed by atoms with Crippen LogP contribution in [-0.4, -0.2) is 69.6 Å². The molecule has 2 aliphatic rings. The normalized spacial score (nSPS) is 21.9. The Labute approximate surface area is 169 Å². The number of nitrogens with zero attached hydrogens (tertiary/aromatic N) is 2. The van der Waals surface area contributed by atoms with Gasteiger partial charge in [-0.1, -0.05) is 29.3 Å². The fraction of sp³-hybridized carbons (Fsp3) is 0.562. The highest BCUT2D eigenvalue weighted by Gasteiger charge is 2.36. The second kappa shape index (κ2) is 7.87. The van der Waals surface area contributed by atoms with Crippen LogP contribution in [0, 0.1) is 5.92 Å². The molecule has 2 fully saturated rings. The van der Waals surface area contributed by atoms with Crippen LogP contribution in [0.3, 0.4) is 0 Å². The van der Waals surface area contributed by atoms with Crippen LogP contribution < -0.4 is 0 Å². The molecule has 3 rings (SSSR count). The summed E-state index contributed by atoms with van der Waals surface area (Å²) in [6.07, 6.45) is 0.757. The second-order valence-corrected chi connectivity index (χ2v) is 11.7. The van der Waals surface area contributed by atoms with Gasteiger partial charge in [-0.05, 0) is 25.0 Å². The van der Waals surface area contributed by atoms with Gasteiger partial charge in [-0.15, -0.1) is 0 Å². The number of sulfone groups is 1. The third-order valence-corrected chi connectivity index (χ3v) is 9.44. The number of sulfonamides is 1. The fourth-order valence-corrected chi connectivity index (χ4v) is 7.15. The number of halogens is 2. The predicted molar refractivity (Wildman–Crippen MR) is 103 cm³/mol. The Morgan fingerprint density at radius 3 is 2.04 bits per heavy atom. The number of carbonyl (C=O) groups excluding carboxylic acids is 1. The number of piperidine rings is 1. The Bertz CT molecular complexity index is 907. The summed E-state index contributed by atoms with van der Waals surface area (Å²) in [5, 5.41) is 0.130. The van der Waals surface area contributed by atoms with Gasteiger partial charge in [-0.2, -0.15) is 4.31 Å². The molecule has 0 unspecified atom stereocenters. The van der Waals surface area contributed by atoms with E-state index in [0.29, 0.717) is 12.8 Å². The largest absolute Gasteiger partial charge is 0.340 e. The van der Waals surface area contributed by atoms with Gasteiger partial charge in [0.15, 0.2) is 9.84 Å². The number of hydrogen-bond donors (Lipinski definition) is 0. The molecule has 0 radical (unpaired) electrons. The monoisotopic (exact) mass is 454 g/mol. The molecule has 0 atom stereocenters. The lowest BCUT2D eigenvalue weighted by molar-refractivity contribution is -0.136. The summed E-state index contributed by atoms with van der Waals surface area (Å²) in [6.45, 7) is 0.780. The molecule has 1 aromatic rings. The molecule has 2 heterocycles. The average Bonchev–Trinajstić information content (AvgIpc) is 2.61. The van der Waals surface area contributed by atoms with Crippen LogP contribution in [0.4, 0.5) is 0 Å². The summed E-state index contributed by atoms with van der Waals surface area (Å²) in [4.78, 5) is 14.1. The van der Waals surface area contributed by atoms with Crippen LogP contribution >= 0.6 is 23.2 Å². The Morgan fingerprint density at radius 2 is 1.52 bits per heavy atom. The van der Waals surface area contributed by atoms with E-state index >= 15 is 0 Å². The SMILES string of the molecule is O=C(C1CCN(S(=O)(=O)c2c(Cl)cccc2Cl)CC1)N1CCS(=O)(=O)CC1. The zero-order valence-electron chi connectivity index (χ0n) is 14.5. The van der Waals surface area contributed by atoms with E-state index in [1.165, 1.54) is 16.4 Å². The van der Waals surface area contributed by atoms with Crippen molar-refractivity contribution >= 4 is 49.0 Å². The molecule has 11 heteroatoms. The molecule has 1 aromatic carbocycles. The summed E-state index contributed by atoms with van der Waals surface area (Å²) in [7, 11) is -6.90. The van der Waals surface area contributed by atoms with Crippen LogP contribution in [0.5, 0.6) is 0 Å². The fourth-order valence-electron chi connectivity index (χ4n) is 3.39. The van der Waals surface area contributed by atoms with Gasteiger partial charge < -0.3 is 4.90 Å². The molecule has 1 amide bonds. The molecule has 27 heavy (non-hydrogen) atoms. The molecule has 0 aromatic heterocycles. The van der Waals surface area contributed by atoms with Crippen LogP contribution in [0.2, 0.25) is 10.0 Å². The van der Waals surface area contributed by atoms with Gasteiger partial charge in [0.05, 0.1) is 21.6 Å². The number of benzene rings is 1. The van der Waals surface area contributed by atoms with Crippen molar-refractivity contribution < 1.29 is 21.6 Å². The molecular weight excluding hydrogens is 435 g/mol. The summed E-state index contributed by atoms with van der Waals surface area (Å²) >= 11 is 12.1. The van der Waals surface area contributed by atoms with Crippen LogP contribution in [0.1, 0.15) is 12.8 Å². The quantitative estimate of drug-likeness (QED) is 0.691. The van der Waals surface area contributed by atoms with E-state index in [4.69, 9.17) is 23.2 Å². The lowest BCUT2D eigenvalue weighted by Gasteiger charge is -2.35. The van der Waals surface area contributed by atoms with E-state index in [1.54, 1.807) is 11.0 Å². The van der Waals surface area contributed by atoms with Crippen molar-refractivity contribution in [2.24, 2.45) is 5.92 Å². The minimum absolute atomic E-state index is 0.0169. The van der Waals surface area contributed by atoms with Crippen molar-refractivity contribution in [3.8, 4) is 0 Å². The van der Waals surface area contributed by atoms with Crippen molar-refractivity contribution in [1.82, 2.24) is 9.21 Å². The highest BCUT2D eigenvalue weighted by molar-refractivity contribution is 7.91. The van der Waals surface area contributed by atoms with Crippen LogP contribution in [0.25, 0.3) is 0 Å². The van der Waals surface area contributed by atoms with E-state index in [1.807, 2.05) is 0 Å². The van der Waals surface area contributed by atoms with E-state index in [-0.39, 0.29) is 64.5 Å². The van der Waals surface area contributed by atoms with Crippen molar-refractivity contribution in [2.75, 3.05) is 37.7 Å². The van der Waals surface area contributed by atoms with Gasteiger partial charge in [0.2, 0.25) is 15.9 Å². The summed E-state index contributed by atoms with van der Waals surface area (Å²) in [5.41, 5.74) is 0. The smallest absolute Gasteiger partial charge is 0.246 e. The van der Waals surface area contributed by atoms with E-state index in [9.17, 15) is 21.6 Å². The first-order valence-electron chi connectivity index (χ1n) is 8.55. The second-order valence-electron chi connectivity index (χ2n) is 6.71. The topological polar surface area (TPSA) is 91.8 Å². The van der Waals surface area contributed by atoms with E-state index in [2.05, 4.69) is 0 Å². The minimum Gasteiger partial charge on any atom is -0.340 e. The minimum atomic E-state index is -3.85. The first-order chi connectivity index (χ1) is 12.6. The Balaban J connectivity index is 1.66. The lowest BCUT2D eigenvalue weighted by atomic mass is 9.96. The molecule has 0 aliphatic carbocycles. The van der Waals surface area contributed by atoms with Gasteiger partial charge >= 0.3 is 0 Å². The first kappa shape index (κ1) is 20.9. The molecule has 7 nitrogen and oxygen atoms in total. The summed E-state index contributed by atoms with van der Waals surface area (Å²) in [5.74, 6) is -0.440. The van der Waals surface area contributed by atoms with Gasteiger partial charge in [0, 0.05) is 32.1 Å². The number of rotatable bonds is 3. The first-order valence-corrected chi connectivity index (χ1v) is 12.6. The van der Waals surface area contributed by atoms with Crippen molar-refractivity contribution in [2.45, 2.75) is 17.7 Å². The number of carbonyl (C=O) groups is 1. The Hall–Kier alpha value is -0.870. The average molecular weight is 455 g/mol. The number of hydrogen-bond acceptors (Lipinski definition) is 5. The molecule has 0 saturated carbocycles. The highest BCUT2D eigenvalue weighted by atomic mass is 35.5. The molecule has 0 spiro atoms. The van der Waals surface area contributed by atoms with Gasteiger partial charge in [0.1, 0.15) is 4.90 Å². The van der Waals surface area contributed by atoms with Crippen molar-refractivity contribution in [1.29, 1.82) is 0 Å². The molecule has 0 N–H and O–H groups in total. The maximum Gasteiger partial charge on any atom is 0.246 e. The third kappa shape index (κ3) is 4.42. The zero-order chi connectivity index (χ0) is 19.8. The molecule has 0 bridgehead atoms. The molecular formula is C16H20Cl2N2O5S2. The van der Waals surface area contributed by atoms with E-state index < -0.39 is 19.9 Å².